The maximum Gasteiger partial charge on any atom is 0.343 e. The highest BCUT2D eigenvalue weighted by atomic mass is 16.6. The van der Waals surface area contributed by atoms with Gasteiger partial charge in [-0.15, -0.1) is 0 Å². The number of carbonyl (C=O) groups is 1. The van der Waals surface area contributed by atoms with Crippen molar-refractivity contribution in [1.29, 1.82) is 0 Å². The summed E-state index contributed by atoms with van der Waals surface area (Å²) in [5, 5.41) is 2.20. The Morgan fingerprint density at radius 2 is 1.56 bits per heavy atom. The van der Waals surface area contributed by atoms with Gasteiger partial charge in [-0.25, -0.2) is 4.79 Å². The summed E-state index contributed by atoms with van der Waals surface area (Å²) in [5.41, 5.74) is 2.53. The number of rotatable bonds is 8. The summed E-state index contributed by atoms with van der Waals surface area (Å²) >= 11 is 0. The third-order valence-corrected chi connectivity index (χ3v) is 5.88. The van der Waals surface area contributed by atoms with Crippen LogP contribution in [0.1, 0.15) is 11.1 Å². The molecule has 0 unspecified atom stereocenters. The summed E-state index contributed by atoms with van der Waals surface area (Å²) in [4.78, 5) is 16.5. The average Bonchev–Trinajstić information content (AvgIpc) is 2.85. The van der Waals surface area contributed by atoms with Crippen LogP contribution < -0.4 is 4.74 Å². The number of esters is 1. The largest absolute Gasteiger partial charge is 0.481 e. The molecule has 3 aromatic rings. The van der Waals surface area contributed by atoms with Gasteiger partial charge in [-0.3, -0.25) is 9.80 Å². The number of nitrogens with zero attached hydrogens (tertiary/aromatic N) is 2. The minimum Gasteiger partial charge on any atom is -0.481 e. The first kappa shape index (κ1) is 22.1. The van der Waals surface area contributed by atoms with E-state index in [1.54, 1.807) is 0 Å². The highest BCUT2D eigenvalue weighted by Gasteiger charge is 2.17. The van der Waals surface area contributed by atoms with Gasteiger partial charge in [0.15, 0.2) is 6.61 Å². The predicted octanol–water partition coefficient (Wildman–Crippen LogP) is 4.22. The van der Waals surface area contributed by atoms with E-state index in [0.717, 1.165) is 44.7 Å². The normalized spacial score (nSPS) is 15.3. The van der Waals surface area contributed by atoms with E-state index in [9.17, 15) is 4.79 Å². The zero-order valence-electron chi connectivity index (χ0n) is 18.6. The van der Waals surface area contributed by atoms with E-state index >= 15 is 0 Å². The predicted molar refractivity (Wildman–Crippen MR) is 129 cm³/mol. The molecule has 0 aliphatic carbocycles. The number of hydrogen-bond acceptors (Lipinski definition) is 5. The molecule has 32 heavy (non-hydrogen) atoms. The molecule has 1 aliphatic rings. The van der Waals surface area contributed by atoms with Crippen LogP contribution >= 0.6 is 0 Å². The highest BCUT2D eigenvalue weighted by Crippen LogP contribution is 2.29. The summed E-state index contributed by atoms with van der Waals surface area (Å²) in [6, 6.07) is 22.7. The van der Waals surface area contributed by atoms with Gasteiger partial charge in [-0.2, -0.15) is 0 Å². The minimum absolute atomic E-state index is 0.0828. The summed E-state index contributed by atoms with van der Waals surface area (Å²) < 4.78 is 10.4. The molecule has 5 nitrogen and oxygen atoms in total. The molecular formula is C27H30N2O3. The van der Waals surface area contributed by atoms with Crippen molar-refractivity contribution in [3.8, 4) is 5.75 Å². The molecule has 1 aliphatic heterocycles. The Morgan fingerprint density at radius 1 is 0.875 bits per heavy atom. The molecule has 1 saturated heterocycles. The van der Waals surface area contributed by atoms with Crippen molar-refractivity contribution in [3.63, 3.8) is 0 Å². The molecule has 0 radical (unpaired) electrons. The van der Waals surface area contributed by atoms with Crippen LogP contribution in [0.4, 0.5) is 0 Å². The van der Waals surface area contributed by atoms with Gasteiger partial charge in [0.25, 0.3) is 0 Å². The summed E-state index contributed by atoms with van der Waals surface area (Å²) in [6.45, 7) is 6.04. The highest BCUT2D eigenvalue weighted by molar-refractivity contribution is 5.91. The standard InChI is InChI=1S/C27H30N2O3/c1-31-27(30)21-32-26-14-13-23(24-11-5-6-12-25(24)26)20-29-18-16-28(17-19-29)15-7-10-22-8-3-2-4-9-22/h2-14H,15-21H2,1H3. The minimum atomic E-state index is -0.380. The lowest BCUT2D eigenvalue weighted by Gasteiger charge is -2.34. The van der Waals surface area contributed by atoms with Crippen LogP contribution in [-0.2, 0) is 16.1 Å². The molecule has 0 atom stereocenters. The van der Waals surface area contributed by atoms with Crippen LogP contribution in [0.3, 0.4) is 0 Å². The van der Waals surface area contributed by atoms with Gasteiger partial charge in [-0.1, -0.05) is 72.8 Å². The van der Waals surface area contributed by atoms with Gasteiger partial charge in [0.2, 0.25) is 0 Å². The van der Waals surface area contributed by atoms with Gasteiger partial charge < -0.3 is 9.47 Å². The zero-order valence-corrected chi connectivity index (χ0v) is 18.6. The van der Waals surface area contributed by atoms with E-state index in [4.69, 9.17) is 4.74 Å². The second-order valence-electron chi connectivity index (χ2n) is 8.02. The van der Waals surface area contributed by atoms with Crippen LogP contribution in [0.25, 0.3) is 16.8 Å². The maximum absolute atomic E-state index is 11.5. The van der Waals surface area contributed by atoms with Crippen LogP contribution in [-0.4, -0.2) is 62.2 Å². The molecule has 0 spiro atoms. The number of methoxy groups -OCH3 is 1. The molecule has 0 aromatic heterocycles. The van der Waals surface area contributed by atoms with Crippen molar-refractivity contribution in [1.82, 2.24) is 9.80 Å². The number of ether oxygens (including phenoxy) is 2. The molecular weight excluding hydrogens is 400 g/mol. The van der Waals surface area contributed by atoms with E-state index in [1.807, 2.05) is 30.3 Å². The van der Waals surface area contributed by atoms with E-state index in [-0.39, 0.29) is 12.6 Å². The fourth-order valence-corrected chi connectivity index (χ4v) is 4.07. The Balaban J connectivity index is 1.34. The van der Waals surface area contributed by atoms with Crippen LogP contribution in [0.5, 0.6) is 5.75 Å². The maximum atomic E-state index is 11.5. The van der Waals surface area contributed by atoms with Gasteiger partial charge in [-0.05, 0) is 22.6 Å². The first-order valence-corrected chi connectivity index (χ1v) is 11.1. The summed E-state index contributed by atoms with van der Waals surface area (Å²) in [6.07, 6.45) is 4.45. The van der Waals surface area contributed by atoms with Gasteiger partial charge in [0.1, 0.15) is 5.75 Å². The van der Waals surface area contributed by atoms with Crippen molar-refractivity contribution >= 4 is 22.8 Å². The van der Waals surface area contributed by atoms with Crippen molar-refractivity contribution in [2.75, 3.05) is 46.4 Å². The molecule has 3 aromatic carbocycles. The molecule has 1 fully saturated rings. The zero-order chi connectivity index (χ0) is 22.2. The third kappa shape index (κ3) is 5.75. The summed E-state index contributed by atoms with van der Waals surface area (Å²) in [5.74, 6) is 0.333. The van der Waals surface area contributed by atoms with E-state index in [0.29, 0.717) is 5.75 Å². The second kappa shape index (κ2) is 10.9. The number of benzene rings is 3. The molecule has 0 amide bonds. The monoisotopic (exact) mass is 430 g/mol. The lowest BCUT2D eigenvalue weighted by Crippen LogP contribution is -2.45. The van der Waals surface area contributed by atoms with E-state index in [2.05, 4.69) is 63.1 Å². The lowest BCUT2D eigenvalue weighted by atomic mass is 10.0. The van der Waals surface area contributed by atoms with Crippen LogP contribution in [0.15, 0.2) is 72.8 Å². The Labute approximate surface area is 189 Å². The van der Waals surface area contributed by atoms with E-state index < -0.39 is 0 Å². The van der Waals surface area contributed by atoms with Crippen LogP contribution in [0.2, 0.25) is 0 Å². The lowest BCUT2D eigenvalue weighted by molar-refractivity contribution is -0.142. The number of carbonyl (C=O) groups excluding carboxylic acids is 1. The smallest absolute Gasteiger partial charge is 0.343 e. The quantitative estimate of drug-likeness (QED) is 0.501. The molecule has 5 heteroatoms. The Hall–Kier alpha value is -3.15. The second-order valence-corrected chi connectivity index (χ2v) is 8.02. The van der Waals surface area contributed by atoms with Crippen LogP contribution in [0, 0.1) is 0 Å². The average molecular weight is 431 g/mol. The van der Waals surface area contributed by atoms with Crippen molar-refractivity contribution < 1.29 is 14.3 Å². The molecule has 1 heterocycles. The Morgan fingerprint density at radius 3 is 2.31 bits per heavy atom. The molecule has 4 rings (SSSR count). The number of fused-ring (bicyclic) bond motifs is 1. The Kier molecular flexibility index (Phi) is 7.54. The van der Waals surface area contributed by atoms with Crippen molar-refractivity contribution in [2.24, 2.45) is 0 Å². The number of piperazine rings is 1. The Bertz CT molecular complexity index is 1060. The molecule has 0 saturated carbocycles. The first-order valence-electron chi connectivity index (χ1n) is 11.1. The topological polar surface area (TPSA) is 42.0 Å². The van der Waals surface area contributed by atoms with Crippen molar-refractivity contribution in [3.05, 3.63) is 83.9 Å². The number of hydrogen-bond donors (Lipinski definition) is 0. The fraction of sp³-hybridized carbons (Fsp3) is 0.296. The summed E-state index contributed by atoms with van der Waals surface area (Å²) in [7, 11) is 1.37. The van der Waals surface area contributed by atoms with Gasteiger partial charge >= 0.3 is 5.97 Å². The SMILES string of the molecule is COC(=O)COc1ccc(CN2CCN(CC=Cc3ccccc3)CC2)c2ccccc12. The van der Waals surface area contributed by atoms with E-state index in [1.165, 1.54) is 23.6 Å². The van der Waals surface area contributed by atoms with Gasteiger partial charge in [0, 0.05) is 44.7 Å². The van der Waals surface area contributed by atoms with Gasteiger partial charge in [0.05, 0.1) is 7.11 Å². The molecule has 166 valence electrons. The third-order valence-electron chi connectivity index (χ3n) is 5.88. The first-order chi connectivity index (χ1) is 15.7. The molecule has 0 bridgehead atoms. The fourth-order valence-electron chi connectivity index (χ4n) is 4.07. The van der Waals surface area contributed by atoms with Crippen molar-refractivity contribution in [2.45, 2.75) is 6.54 Å². The molecule has 0 N–H and O–H groups in total.